The predicted molar refractivity (Wildman–Crippen MR) is 115 cm³/mol. The lowest BCUT2D eigenvalue weighted by atomic mass is 9.89. The van der Waals surface area contributed by atoms with Crippen LogP contribution < -0.4 is 4.90 Å². The SMILES string of the molecule is CCOC(=O)[C@@H]1C(=O)N(CCOC)c2nc3ccccc3n2[C@H]1c1cccc([N+](=O)[O-])c1. The standard InChI is InChI=1S/C22H22N4O6/c1-3-32-21(28)18-19(14-7-6-8-15(13-14)26(29)30)25-17-10-5-4-9-16(17)23-22(25)24(20(18)27)11-12-31-2/h4-10,13,18-19H,3,11-12H2,1-2H3/t18-,19-/m0/s1. The first-order valence-corrected chi connectivity index (χ1v) is 10.2. The third-order valence-corrected chi connectivity index (χ3v) is 5.43. The lowest BCUT2D eigenvalue weighted by Gasteiger charge is -2.37. The van der Waals surface area contributed by atoms with E-state index in [1.807, 2.05) is 24.3 Å². The monoisotopic (exact) mass is 438 g/mol. The first-order valence-electron chi connectivity index (χ1n) is 10.2. The molecule has 2 atom stereocenters. The largest absolute Gasteiger partial charge is 0.465 e. The second-order valence-corrected chi connectivity index (χ2v) is 7.28. The van der Waals surface area contributed by atoms with E-state index >= 15 is 0 Å². The Bertz CT molecular complexity index is 1190. The number of imidazole rings is 1. The topological polar surface area (TPSA) is 117 Å². The molecule has 3 aromatic rings. The van der Waals surface area contributed by atoms with E-state index in [0.29, 0.717) is 22.5 Å². The van der Waals surface area contributed by atoms with Crippen LogP contribution in [0.5, 0.6) is 0 Å². The zero-order valence-corrected chi connectivity index (χ0v) is 17.6. The fourth-order valence-corrected chi connectivity index (χ4v) is 4.07. The number of ether oxygens (including phenoxy) is 2. The Hall–Kier alpha value is -3.79. The molecule has 10 nitrogen and oxygen atoms in total. The van der Waals surface area contributed by atoms with Gasteiger partial charge in [0.1, 0.15) is 0 Å². The number of para-hydroxylation sites is 2. The van der Waals surface area contributed by atoms with Crippen molar-refractivity contribution < 1.29 is 24.0 Å². The van der Waals surface area contributed by atoms with E-state index in [9.17, 15) is 19.7 Å². The summed E-state index contributed by atoms with van der Waals surface area (Å²) >= 11 is 0. The lowest BCUT2D eigenvalue weighted by Crippen LogP contribution is -2.51. The van der Waals surface area contributed by atoms with Gasteiger partial charge in [-0.3, -0.25) is 24.6 Å². The van der Waals surface area contributed by atoms with Crippen molar-refractivity contribution in [2.24, 2.45) is 5.92 Å². The minimum atomic E-state index is -1.24. The summed E-state index contributed by atoms with van der Waals surface area (Å²) in [5.41, 5.74) is 1.65. The molecule has 0 saturated carbocycles. The van der Waals surface area contributed by atoms with Gasteiger partial charge in [0.05, 0.1) is 41.8 Å². The molecule has 1 aromatic heterocycles. The van der Waals surface area contributed by atoms with E-state index in [1.165, 1.54) is 30.2 Å². The minimum Gasteiger partial charge on any atom is -0.465 e. The fraction of sp³-hybridized carbons (Fsp3) is 0.318. The van der Waals surface area contributed by atoms with Crippen LogP contribution in [0.2, 0.25) is 0 Å². The summed E-state index contributed by atoms with van der Waals surface area (Å²) in [7, 11) is 1.52. The normalized spacial score (nSPS) is 17.9. The van der Waals surface area contributed by atoms with Crippen molar-refractivity contribution in [1.29, 1.82) is 0 Å². The van der Waals surface area contributed by atoms with Gasteiger partial charge >= 0.3 is 5.97 Å². The number of nitrogens with zero attached hydrogens (tertiary/aromatic N) is 4. The van der Waals surface area contributed by atoms with Crippen LogP contribution in [0.15, 0.2) is 48.5 Å². The van der Waals surface area contributed by atoms with Crippen LogP contribution in [0.1, 0.15) is 18.5 Å². The maximum Gasteiger partial charge on any atom is 0.321 e. The zero-order chi connectivity index (χ0) is 22.8. The summed E-state index contributed by atoms with van der Waals surface area (Å²) in [4.78, 5) is 43.5. The van der Waals surface area contributed by atoms with Gasteiger partial charge in [-0.15, -0.1) is 0 Å². The van der Waals surface area contributed by atoms with Crippen molar-refractivity contribution in [2.45, 2.75) is 13.0 Å². The second kappa shape index (κ2) is 8.75. The van der Waals surface area contributed by atoms with Crippen LogP contribution in [0.25, 0.3) is 11.0 Å². The molecule has 1 aliphatic rings. The fourth-order valence-electron chi connectivity index (χ4n) is 4.07. The number of anilines is 1. The number of rotatable bonds is 7. The Labute approximate surface area is 183 Å². The van der Waals surface area contributed by atoms with E-state index in [-0.39, 0.29) is 25.4 Å². The van der Waals surface area contributed by atoms with E-state index < -0.39 is 28.8 Å². The van der Waals surface area contributed by atoms with Crippen LogP contribution in [-0.2, 0) is 19.1 Å². The van der Waals surface area contributed by atoms with Crippen LogP contribution in [0.4, 0.5) is 11.6 Å². The van der Waals surface area contributed by atoms with E-state index in [2.05, 4.69) is 4.98 Å². The van der Waals surface area contributed by atoms with E-state index in [1.54, 1.807) is 17.6 Å². The smallest absolute Gasteiger partial charge is 0.321 e. The van der Waals surface area contributed by atoms with Gasteiger partial charge in [-0.05, 0) is 24.6 Å². The Morgan fingerprint density at radius 2 is 2.00 bits per heavy atom. The molecule has 166 valence electrons. The number of non-ortho nitro benzene ring substituents is 1. The Balaban J connectivity index is 1.99. The van der Waals surface area contributed by atoms with Gasteiger partial charge in [-0.1, -0.05) is 24.3 Å². The molecular formula is C22H22N4O6. The molecule has 2 heterocycles. The first kappa shape index (κ1) is 21.4. The Kier molecular flexibility index (Phi) is 5.87. The predicted octanol–water partition coefficient (Wildman–Crippen LogP) is 2.71. The minimum absolute atomic E-state index is 0.0971. The quantitative estimate of drug-likeness (QED) is 0.241. The number of esters is 1. The zero-order valence-electron chi connectivity index (χ0n) is 17.6. The summed E-state index contributed by atoms with van der Waals surface area (Å²) in [6, 6.07) is 12.4. The number of amides is 1. The molecule has 0 saturated heterocycles. The molecule has 1 aliphatic heterocycles. The van der Waals surface area contributed by atoms with E-state index in [4.69, 9.17) is 9.47 Å². The van der Waals surface area contributed by atoms with Crippen LogP contribution >= 0.6 is 0 Å². The van der Waals surface area contributed by atoms with Gasteiger partial charge < -0.3 is 14.0 Å². The molecule has 0 fully saturated rings. The van der Waals surface area contributed by atoms with Crippen LogP contribution in [-0.4, -0.2) is 53.2 Å². The van der Waals surface area contributed by atoms with Crippen molar-refractivity contribution in [3.05, 3.63) is 64.2 Å². The van der Waals surface area contributed by atoms with Crippen LogP contribution in [0.3, 0.4) is 0 Å². The molecule has 10 heteroatoms. The molecule has 0 spiro atoms. The van der Waals surface area contributed by atoms with Gasteiger partial charge in [-0.25, -0.2) is 4.98 Å². The van der Waals surface area contributed by atoms with Gasteiger partial charge in [0, 0.05) is 19.2 Å². The molecule has 0 bridgehead atoms. The maximum absolute atomic E-state index is 13.6. The number of benzene rings is 2. The van der Waals surface area contributed by atoms with Gasteiger partial charge in [0.2, 0.25) is 11.9 Å². The van der Waals surface area contributed by atoms with Gasteiger partial charge in [0.15, 0.2) is 5.92 Å². The number of fused-ring (bicyclic) bond motifs is 3. The number of hydrogen-bond acceptors (Lipinski definition) is 7. The number of aromatic nitrogens is 2. The molecule has 0 unspecified atom stereocenters. The van der Waals surface area contributed by atoms with Crippen molar-refractivity contribution in [3.63, 3.8) is 0 Å². The third-order valence-electron chi connectivity index (χ3n) is 5.43. The highest BCUT2D eigenvalue weighted by Crippen LogP contribution is 2.41. The molecular weight excluding hydrogens is 416 g/mol. The highest BCUT2D eigenvalue weighted by Gasteiger charge is 2.48. The summed E-state index contributed by atoms with van der Waals surface area (Å²) in [5, 5.41) is 11.4. The van der Waals surface area contributed by atoms with E-state index in [0.717, 1.165) is 0 Å². The summed E-state index contributed by atoms with van der Waals surface area (Å²) in [6.45, 7) is 2.19. The molecule has 2 aromatic carbocycles. The Morgan fingerprint density at radius 3 is 2.72 bits per heavy atom. The van der Waals surface area contributed by atoms with Gasteiger partial charge in [-0.2, -0.15) is 0 Å². The summed E-state index contributed by atoms with van der Waals surface area (Å²) in [6.07, 6.45) is 0. The lowest BCUT2D eigenvalue weighted by molar-refractivity contribution is -0.384. The summed E-state index contributed by atoms with van der Waals surface area (Å²) < 4.78 is 12.2. The number of carbonyl (C=O) groups excluding carboxylic acids is 2. The number of hydrogen-bond donors (Lipinski definition) is 0. The van der Waals surface area contributed by atoms with Crippen molar-refractivity contribution in [1.82, 2.24) is 9.55 Å². The second-order valence-electron chi connectivity index (χ2n) is 7.28. The average Bonchev–Trinajstić information content (AvgIpc) is 3.17. The number of methoxy groups -OCH3 is 1. The molecule has 0 radical (unpaired) electrons. The van der Waals surface area contributed by atoms with Crippen molar-refractivity contribution in [3.8, 4) is 0 Å². The van der Waals surface area contributed by atoms with Crippen LogP contribution in [0, 0.1) is 16.0 Å². The maximum atomic E-state index is 13.6. The number of nitro groups is 1. The number of carbonyl (C=O) groups is 2. The number of nitro benzene ring substituents is 1. The third kappa shape index (κ3) is 3.58. The highest BCUT2D eigenvalue weighted by atomic mass is 16.6. The summed E-state index contributed by atoms with van der Waals surface area (Å²) in [5.74, 6) is -2.07. The average molecular weight is 438 g/mol. The first-order chi connectivity index (χ1) is 15.5. The van der Waals surface area contributed by atoms with Crippen molar-refractivity contribution >= 4 is 34.5 Å². The molecule has 0 N–H and O–H groups in total. The molecule has 4 rings (SSSR count). The van der Waals surface area contributed by atoms with Gasteiger partial charge in [0.25, 0.3) is 5.69 Å². The molecule has 0 aliphatic carbocycles. The molecule has 1 amide bonds. The highest BCUT2D eigenvalue weighted by molar-refractivity contribution is 6.08. The molecule has 32 heavy (non-hydrogen) atoms. The van der Waals surface area contributed by atoms with Crippen molar-refractivity contribution in [2.75, 3.05) is 31.8 Å². The Morgan fingerprint density at radius 1 is 1.22 bits per heavy atom.